The van der Waals surface area contributed by atoms with E-state index in [1.807, 2.05) is 23.9 Å². The lowest BCUT2D eigenvalue weighted by atomic mass is 9.77. The average Bonchev–Trinajstić information content (AvgIpc) is 2.68. The summed E-state index contributed by atoms with van der Waals surface area (Å²) in [4.78, 5) is 0. The number of nitrogens with two attached hydrogens (primary N) is 1. The minimum atomic E-state index is 0.282. The van der Waals surface area contributed by atoms with Crippen molar-refractivity contribution in [2.75, 3.05) is 18.1 Å². The van der Waals surface area contributed by atoms with Crippen molar-refractivity contribution in [3.63, 3.8) is 0 Å². The van der Waals surface area contributed by atoms with Crippen LogP contribution < -0.4 is 5.73 Å². The van der Waals surface area contributed by atoms with Crippen LogP contribution in [-0.2, 0) is 5.41 Å². The van der Waals surface area contributed by atoms with Crippen LogP contribution in [0.5, 0.6) is 0 Å². The van der Waals surface area contributed by atoms with Gasteiger partial charge in [-0.1, -0.05) is 23.7 Å². The molecule has 0 aromatic heterocycles. The van der Waals surface area contributed by atoms with E-state index in [2.05, 4.69) is 12.1 Å². The lowest BCUT2D eigenvalue weighted by Crippen LogP contribution is -2.28. The zero-order chi connectivity index (χ0) is 10.7. The molecule has 2 rings (SSSR count). The Balaban J connectivity index is 2.31. The number of hydrogen-bond donors (Lipinski definition) is 1. The Morgan fingerprint density at radius 1 is 1.47 bits per heavy atom. The van der Waals surface area contributed by atoms with E-state index in [-0.39, 0.29) is 5.41 Å². The van der Waals surface area contributed by atoms with E-state index in [9.17, 15) is 0 Å². The van der Waals surface area contributed by atoms with Crippen LogP contribution >= 0.6 is 23.4 Å². The fraction of sp³-hybridized carbons (Fsp3) is 0.500. The van der Waals surface area contributed by atoms with Gasteiger partial charge in [-0.05, 0) is 42.8 Å². The second-order valence-corrected chi connectivity index (χ2v) is 5.67. The van der Waals surface area contributed by atoms with Crippen molar-refractivity contribution in [2.24, 2.45) is 5.73 Å². The van der Waals surface area contributed by atoms with Crippen molar-refractivity contribution in [3.8, 4) is 0 Å². The molecule has 1 aromatic carbocycles. The van der Waals surface area contributed by atoms with Gasteiger partial charge in [0.1, 0.15) is 0 Å². The van der Waals surface area contributed by atoms with Gasteiger partial charge < -0.3 is 5.73 Å². The molecule has 1 heterocycles. The normalized spacial score (nSPS) is 25.7. The second kappa shape index (κ2) is 4.77. The van der Waals surface area contributed by atoms with Crippen molar-refractivity contribution in [2.45, 2.75) is 18.3 Å². The third kappa shape index (κ3) is 2.32. The first-order valence-corrected chi connectivity index (χ1v) is 6.84. The van der Waals surface area contributed by atoms with Crippen molar-refractivity contribution < 1.29 is 0 Å². The molecule has 0 bridgehead atoms. The van der Waals surface area contributed by atoms with Gasteiger partial charge in [0.25, 0.3) is 0 Å². The van der Waals surface area contributed by atoms with Gasteiger partial charge in [-0.25, -0.2) is 0 Å². The van der Waals surface area contributed by atoms with Crippen molar-refractivity contribution >= 4 is 23.4 Å². The molecule has 2 N–H and O–H groups in total. The topological polar surface area (TPSA) is 26.0 Å². The molecular weight excluding hydrogens is 226 g/mol. The fourth-order valence-corrected chi connectivity index (χ4v) is 3.99. The highest BCUT2D eigenvalue weighted by atomic mass is 35.5. The molecule has 1 atom stereocenters. The summed E-state index contributed by atoms with van der Waals surface area (Å²) in [6.07, 6.45) is 2.30. The molecule has 1 aliphatic heterocycles. The molecule has 1 fully saturated rings. The average molecular weight is 242 g/mol. The molecule has 82 valence electrons. The highest BCUT2D eigenvalue weighted by Crippen LogP contribution is 2.42. The van der Waals surface area contributed by atoms with Crippen molar-refractivity contribution in [3.05, 3.63) is 34.9 Å². The van der Waals surface area contributed by atoms with Gasteiger partial charge in [-0.2, -0.15) is 11.8 Å². The molecule has 1 saturated heterocycles. The summed E-state index contributed by atoms with van der Waals surface area (Å²) >= 11 is 8.07. The standard InChI is InChI=1S/C12H16ClNS/c13-11-3-1-2-10(8-11)12(4-6-14)5-7-15-9-12/h1-3,8H,4-7,9,14H2. The summed E-state index contributed by atoms with van der Waals surface area (Å²) < 4.78 is 0. The number of thioether (sulfide) groups is 1. The molecule has 0 spiro atoms. The van der Waals surface area contributed by atoms with Gasteiger partial charge in [0.2, 0.25) is 0 Å². The molecular formula is C12H16ClNS. The quantitative estimate of drug-likeness (QED) is 0.880. The first-order chi connectivity index (χ1) is 7.27. The Hall–Kier alpha value is -0.180. The van der Waals surface area contributed by atoms with E-state index in [4.69, 9.17) is 17.3 Å². The molecule has 1 aliphatic rings. The smallest absolute Gasteiger partial charge is 0.0408 e. The largest absolute Gasteiger partial charge is 0.330 e. The summed E-state index contributed by atoms with van der Waals surface area (Å²) in [7, 11) is 0. The Kier molecular flexibility index (Phi) is 3.60. The minimum absolute atomic E-state index is 0.282. The van der Waals surface area contributed by atoms with Gasteiger partial charge >= 0.3 is 0 Å². The summed E-state index contributed by atoms with van der Waals surface area (Å²) in [5, 5.41) is 0.834. The van der Waals surface area contributed by atoms with Crippen LogP contribution in [0.15, 0.2) is 24.3 Å². The number of halogens is 1. The van der Waals surface area contributed by atoms with E-state index < -0.39 is 0 Å². The second-order valence-electron chi connectivity index (χ2n) is 4.13. The summed E-state index contributed by atoms with van der Waals surface area (Å²) in [5.41, 5.74) is 7.37. The van der Waals surface area contributed by atoms with Crippen LogP contribution in [0.25, 0.3) is 0 Å². The molecule has 3 heteroatoms. The maximum atomic E-state index is 6.05. The van der Waals surface area contributed by atoms with Gasteiger partial charge in [-0.3, -0.25) is 0 Å². The third-order valence-electron chi connectivity index (χ3n) is 3.16. The number of benzene rings is 1. The predicted molar refractivity (Wildman–Crippen MR) is 68.7 cm³/mol. The Morgan fingerprint density at radius 2 is 2.33 bits per heavy atom. The van der Waals surface area contributed by atoms with Crippen molar-refractivity contribution in [1.29, 1.82) is 0 Å². The van der Waals surface area contributed by atoms with E-state index in [0.717, 1.165) is 18.0 Å². The van der Waals surface area contributed by atoms with Crippen LogP contribution in [0.3, 0.4) is 0 Å². The summed E-state index contributed by atoms with van der Waals surface area (Å²) in [5.74, 6) is 2.43. The molecule has 0 radical (unpaired) electrons. The molecule has 15 heavy (non-hydrogen) atoms. The summed E-state index contributed by atoms with van der Waals surface area (Å²) in [6.45, 7) is 0.757. The lowest BCUT2D eigenvalue weighted by Gasteiger charge is -2.28. The molecule has 1 aromatic rings. The Bertz CT molecular complexity index is 334. The zero-order valence-electron chi connectivity index (χ0n) is 8.71. The molecule has 0 saturated carbocycles. The van der Waals surface area contributed by atoms with E-state index >= 15 is 0 Å². The van der Waals surface area contributed by atoms with Gasteiger partial charge in [-0.15, -0.1) is 0 Å². The minimum Gasteiger partial charge on any atom is -0.330 e. The molecule has 0 amide bonds. The fourth-order valence-electron chi connectivity index (χ4n) is 2.27. The van der Waals surface area contributed by atoms with Crippen LogP contribution in [-0.4, -0.2) is 18.1 Å². The maximum Gasteiger partial charge on any atom is 0.0408 e. The van der Waals surface area contributed by atoms with Gasteiger partial charge in [0.05, 0.1) is 0 Å². The van der Waals surface area contributed by atoms with E-state index in [0.29, 0.717) is 0 Å². The molecule has 0 aliphatic carbocycles. The lowest BCUT2D eigenvalue weighted by molar-refractivity contribution is 0.452. The van der Waals surface area contributed by atoms with E-state index in [1.165, 1.54) is 23.5 Å². The highest BCUT2D eigenvalue weighted by Gasteiger charge is 2.35. The summed E-state index contributed by atoms with van der Waals surface area (Å²) in [6, 6.07) is 8.26. The maximum absolute atomic E-state index is 6.05. The van der Waals surface area contributed by atoms with Gasteiger partial charge in [0, 0.05) is 16.2 Å². The van der Waals surface area contributed by atoms with Crippen LogP contribution in [0.4, 0.5) is 0 Å². The number of rotatable bonds is 3. The van der Waals surface area contributed by atoms with Crippen LogP contribution in [0.1, 0.15) is 18.4 Å². The van der Waals surface area contributed by atoms with Crippen molar-refractivity contribution in [1.82, 2.24) is 0 Å². The first kappa shape index (κ1) is 11.3. The monoisotopic (exact) mass is 241 g/mol. The predicted octanol–water partition coefficient (Wildman–Crippen LogP) is 3.06. The third-order valence-corrected chi connectivity index (χ3v) is 4.65. The van der Waals surface area contributed by atoms with Gasteiger partial charge in [0.15, 0.2) is 0 Å². The Morgan fingerprint density at radius 3 is 2.93 bits per heavy atom. The zero-order valence-corrected chi connectivity index (χ0v) is 10.3. The van der Waals surface area contributed by atoms with Crippen LogP contribution in [0.2, 0.25) is 5.02 Å². The first-order valence-electron chi connectivity index (χ1n) is 5.31. The Labute approximate surface area is 100 Å². The highest BCUT2D eigenvalue weighted by molar-refractivity contribution is 7.99. The van der Waals surface area contributed by atoms with Crippen LogP contribution in [0, 0.1) is 0 Å². The molecule has 1 nitrogen and oxygen atoms in total. The van der Waals surface area contributed by atoms with E-state index in [1.54, 1.807) is 0 Å². The molecule has 1 unspecified atom stereocenters. The SMILES string of the molecule is NCCC1(c2cccc(Cl)c2)CCSC1. The number of hydrogen-bond acceptors (Lipinski definition) is 2.